The van der Waals surface area contributed by atoms with Crippen LogP contribution >= 0.6 is 0 Å². The van der Waals surface area contributed by atoms with Gasteiger partial charge < -0.3 is 4.74 Å². The molecule has 1 aromatic rings. The van der Waals surface area contributed by atoms with E-state index in [1.54, 1.807) is 0 Å². The lowest BCUT2D eigenvalue weighted by molar-refractivity contribution is -0.128. The summed E-state index contributed by atoms with van der Waals surface area (Å²) in [6, 6.07) is 6.46. The van der Waals surface area contributed by atoms with Crippen molar-refractivity contribution < 1.29 is 9.53 Å². The standard InChI is InChI=1S/C13H14O2/c14-10-15-8-7-11-5-6-12-3-1-2-4-13(12)9-11/h1,3,5-6,9-10H,2,4,7-8H2. The second kappa shape index (κ2) is 4.78. The number of carbonyl (C=O) groups is 1. The van der Waals surface area contributed by atoms with Crippen LogP contribution in [-0.2, 0) is 22.4 Å². The van der Waals surface area contributed by atoms with E-state index in [9.17, 15) is 4.79 Å². The summed E-state index contributed by atoms with van der Waals surface area (Å²) >= 11 is 0. The molecular formula is C13H14O2. The highest BCUT2D eigenvalue weighted by molar-refractivity contribution is 5.57. The van der Waals surface area contributed by atoms with Crippen LogP contribution in [0, 0.1) is 0 Å². The SMILES string of the molecule is O=COCCc1ccc2c(c1)CCC=C2. The third-order valence-corrected chi connectivity index (χ3v) is 2.66. The molecule has 0 heterocycles. The van der Waals surface area contributed by atoms with E-state index in [4.69, 9.17) is 0 Å². The highest BCUT2D eigenvalue weighted by Crippen LogP contribution is 2.20. The number of hydrogen-bond donors (Lipinski definition) is 0. The van der Waals surface area contributed by atoms with E-state index >= 15 is 0 Å². The van der Waals surface area contributed by atoms with Gasteiger partial charge in [-0.25, -0.2) is 0 Å². The molecule has 0 atom stereocenters. The van der Waals surface area contributed by atoms with E-state index in [0.717, 1.165) is 19.3 Å². The van der Waals surface area contributed by atoms with E-state index in [2.05, 4.69) is 35.1 Å². The molecule has 0 saturated carbocycles. The Balaban J connectivity index is 2.07. The molecule has 0 unspecified atom stereocenters. The van der Waals surface area contributed by atoms with E-state index in [1.807, 2.05) is 0 Å². The molecule has 1 aliphatic rings. The average Bonchev–Trinajstić information content (AvgIpc) is 2.29. The summed E-state index contributed by atoms with van der Waals surface area (Å²) < 4.78 is 4.69. The minimum absolute atomic E-state index is 0.470. The zero-order valence-electron chi connectivity index (χ0n) is 8.61. The Kier molecular flexibility index (Phi) is 3.18. The number of benzene rings is 1. The first kappa shape index (κ1) is 9.97. The maximum Gasteiger partial charge on any atom is 0.293 e. The van der Waals surface area contributed by atoms with Crippen molar-refractivity contribution in [2.75, 3.05) is 6.61 Å². The number of fused-ring (bicyclic) bond motifs is 1. The van der Waals surface area contributed by atoms with E-state index in [1.165, 1.54) is 16.7 Å². The molecule has 2 nitrogen and oxygen atoms in total. The van der Waals surface area contributed by atoms with Gasteiger partial charge in [-0.05, 0) is 29.5 Å². The van der Waals surface area contributed by atoms with Gasteiger partial charge in [0.1, 0.15) is 0 Å². The summed E-state index contributed by atoms with van der Waals surface area (Å²) in [4.78, 5) is 10.00. The Morgan fingerprint density at radius 3 is 3.20 bits per heavy atom. The fourth-order valence-electron chi connectivity index (χ4n) is 1.87. The lowest BCUT2D eigenvalue weighted by Crippen LogP contribution is -2.00. The Hall–Kier alpha value is -1.57. The van der Waals surface area contributed by atoms with Crippen molar-refractivity contribution in [3.8, 4) is 0 Å². The van der Waals surface area contributed by atoms with Gasteiger partial charge in [-0.3, -0.25) is 4.79 Å². The summed E-state index contributed by atoms with van der Waals surface area (Å²) in [7, 11) is 0. The Labute approximate surface area is 89.6 Å². The first-order chi connectivity index (χ1) is 7.40. The first-order valence-electron chi connectivity index (χ1n) is 5.24. The molecule has 1 aliphatic carbocycles. The molecule has 2 rings (SSSR count). The topological polar surface area (TPSA) is 26.3 Å². The van der Waals surface area contributed by atoms with Gasteiger partial charge in [-0.15, -0.1) is 0 Å². The van der Waals surface area contributed by atoms with Crippen LogP contribution in [0.15, 0.2) is 24.3 Å². The smallest absolute Gasteiger partial charge is 0.293 e. The quantitative estimate of drug-likeness (QED) is 0.553. The number of carbonyl (C=O) groups excluding carboxylic acids is 1. The fourth-order valence-corrected chi connectivity index (χ4v) is 1.87. The van der Waals surface area contributed by atoms with Gasteiger partial charge in [0.2, 0.25) is 0 Å². The Morgan fingerprint density at radius 2 is 2.33 bits per heavy atom. The molecule has 0 saturated heterocycles. The Morgan fingerprint density at radius 1 is 1.40 bits per heavy atom. The summed E-state index contributed by atoms with van der Waals surface area (Å²) in [6.45, 7) is 0.971. The zero-order chi connectivity index (χ0) is 10.5. The number of aryl methyl sites for hydroxylation is 1. The van der Waals surface area contributed by atoms with Gasteiger partial charge in [0.05, 0.1) is 6.61 Å². The minimum atomic E-state index is 0.470. The fraction of sp³-hybridized carbons (Fsp3) is 0.308. The van der Waals surface area contributed by atoms with Crippen LogP contribution in [-0.4, -0.2) is 13.1 Å². The van der Waals surface area contributed by atoms with Crippen LogP contribution < -0.4 is 0 Å². The van der Waals surface area contributed by atoms with E-state index in [0.29, 0.717) is 13.1 Å². The third-order valence-electron chi connectivity index (χ3n) is 2.66. The lowest BCUT2D eigenvalue weighted by Gasteiger charge is -2.11. The molecule has 0 aliphatic heterocycles. The normalized spacial score (nSPS) is 13.3. The number of rotatable bonds is 4. The zero-order valence-corrected chi connectivity index (χ0v) is 8.61. The van der Waals surface area contributed by atoms with Gasteiger partial charge in [-0.1, -0.05) is 30.4 Å². The van der Waals surface area contributed by atoms with Gasteiger partial charge in [0.25, 0.3) is 6.47 Å². The molecule has 15 heavy (non-hydrogen) atoms. The van der Waals surface area contributed by atoms with Crippen LogP contribution in [0.25, 0.3) is 6.08 Å². The molecule has 0 aromatic heterocycles. The number of allylic oxidation sites excluding steroid dienone is 1. The summed E-state index contributed by atoms with van der Waals surface area (Å²) in [6.07, 6.45) is 7.42. The van der Waals surface area contributed by atoms with Crippen molar-refractivity contribution >= 4 is 12.5 Å². The maximum atomic E-state index is 10.00. The summed E-state index contributed by atoms with van der Waals surface area (Å²) in [5, 5.41) is 0. The van der Waals surface area contributed by atoms with E-state index in [-0.39, 0.29) is 0 Å². The molecule has 2 heteroatoms. The third kappa shape index (κ3) is 2.46. The lowest BCUT2D eigenvalue weighted by atomic mass is 9.95. The molecular weight excluding hydrogens is 188 g/mol. The molecule has 78 valence electrons. The predicted octanol–water partition coefficient (Wildman–Crippen LogP) is 2.36. The predicted molar refractivity (Wildman–Crippen MR) is 59.5 cm³/mol. The van der Waals surface area contributed by atoms with Crippen LogP contribution in [0.3, 0.4) is 0 Å². The van der Waals surface area contributed by atoms with Gasteiger partial charge in [0, 0.05) is 6.42 Å². The van der Waals surface area contributed by atoms with Crippen molar-refractivity contribution in [3.05, 3.63) is 41.0 Å². The van der Waals surface area contributed by atoms with Crippen molar-refractivity contribution in [2.45, 2.75) is 19.3 Å². The summed E-state index contributed by atoms with van der Waals surface area (Å²) in [5.41, 5.74) is 3.97. The Bertz CT molecular complexity index is 380. The minimum Gasteiger partial charge on any atom is -0.468 e. The second-order valence-corrected chi connectivity index (χ2v) is 3.69. The molecule has 0 spiro atoms. The molecule has 0 amide bonds. The average molecular weight is 202 g/mol. The highest BCUT2D eigenvalue weighted by atomic mass is 16.5. The number of hydrogen-bond acceptors (Lipinski definition) is 2. The van der Waals surface area contributed by atoms with E-state index < -0.39 is 0 Å². The van der Waals surface area contributed by atoms with Crippen molar-refractivity contribution in [3.63, 3.8) is 0 Å². The first-order valence-corrected chi connectivity index (χ1v) is 5.24. The van der Waals surface area contributed by atoms with Crippen LogP contribution in [0.5, 0.6) is 0 Å². The largest absolute Gasteiger partial charge is 0.468 e. The van der Waals surface area contributed by atoms with Crippen LogP contribution in [0.4, 0.5) is 0 Å². The molecule has 0 bridgehead atoms. The van der Waals surface area contributed by atoms with Crippen LogP contribution in [0.2, 0.25) is 0 Å². The number of ether oxygens (including phenoxy) is 1. The molecule has 0 fully saturated rings. The molecule has 1 aromatic carbocycles. The second-order valence-electron chi connectivity index (χ2n) is 3.69. The van der Waals surface area contributed by atoms with Crippen LogP contribution in [0.1, 0.15) is 23.1 Å². The summed E-state index contributed by atoms with van der Waals surface area (Å²) in [5.74, 6) is 0. The highest BCUT2D eigenvalue weighted by Gasteiger charge is 2.04. The van der Waals surface area contributed by atoms with Crippen molar-refractivity contribution in [1.82, 2.24) is 0 Å². The van der Waals surface area contributed by atoms with Gasteiger partial charge in [-0.2, -0.15) is 0 Å². The van der Waals surface area contributed by atoms with Gasteiger partial charge in [0.15, 0.2) is 0 Å². The maximum absolute atomic E-state index is 10.00. The van der Waals surface area contributed by atoms with Gasteiger partial charge >= 0.3 is 0 Å². The van der Waals surface area contributed by atoms with Crippen molar-refractivity contribution in [2.24, 2.45) is 0 Å². The monoisotopic (exact) mass is 202 g/mol. The molecule has 0 N–H and O–H groups in total. The molecule has 0 radical (unpaired) electrons. The van der Waals surface area contributed by atoms with Crippen molar-refractivity contribution in [1.29, 1.82) is 0 Å².